The molecule has 0 bridgehead atoms. The van der Waals surface area contributed by atoms with E-state index in [4.69, 9.17) is 4.74 Å². The van der Waals surface area contributed by atoms with E-state index >= 15 is 0 Å². The van der Waals surface area contributed by atoms with Gasteiger partial charge in [0.25, 0.3) is 10.1 Å². The van der Waals surface area contributed by atoms with Crippen LogP contribution in [0.4, 0.5) is 5.82 Å². The number of anilines is 1. The second-order valence-electron chi connectivity index (χ2n) is 19.3. The van der Waals surface area contributed by atoms with E-state index in [1.165, 1.54) is 31.5 Å². The van der Waals surface area contributed by atoms with Crippen LogP contribution in [0.5, 0.6) is 5.75 Å². The number of ether oxygens (including phenoxy) is 1. The van der Waals surface area contributed by atoms with Crippen molar-refractivity contribution in [2.75, 3.05) is 122 Å². The van der Waals surface area contributed by atoms with Crippen molar-refractivity contribution in [3.8, 4) is 5.75 Å². The number of hydrogen-bond acceptors (Lipinski definition) is 19. The molecule has 440 valence electrons. The maximum atomic E-state index is 13.5. The molecule has 10 N–H and O–H groups in total. The first-order valence-corrected chi connectivity index (χ1v) is 29.0. The van der Waals surface area contributed by atoms with Gasteiger partial charge >= 0.3 is 17.9 Å². The molecule has 28 nitrogen and oxygen atoms in total. The van der Waals surface area contributed by atoms with Gasteiger partial charge < -0.3 is 51.4 Å². The number of aromatic nitrogens is 1. The zero-order valence-corrected chi connectivity index (χ0v) is 46.2. The van der Waals surface area contributed by atoms with Crippen molar-refractivity contribution < 1.29 is 79.8 Å². The van der Waals surface area contributed by atoms with Crippen molar-refractivity contribution in [3.63, 3.8) is 0 Å². The summed E-state index contributed by atoms with van der Waals surface area (Å²) in [7, 11) is -9.21. The Labute approximate surface area is 459 Å². The van der Waals surface area contributed by atoms with E-state index in [0.29, 0.717) is 25.5 Å². The Morgan fingerprint density at radius 2 is 1.30 bits per heavy atom. The van der Waals surface area contributed by atoms with Gasteiger partial charge in [0.2, 0.25) is 33.7 Å². The molecule has 2 aromatic rings. The highest BCUT2D eigenvalue weighted by molar-refractivity contribution is 7.89. The molecular formula is C49H75N11O17S2. The lowest BCUT2D eigenvalue weighted by atomic mass is 10.1. The predicted octanol–water partition coefficient (Wildman–Crippen LogP) is -2.33. The summed E-state index contributed by atoms with van der Waals surface area (Å²) in [5, 5.41) is 41.8. The van der Waals surface area contributed by atoms with Crippen molar-refractivity contribution in [2.45, 2.75) is 82.2 Å². The van der Waals surface area contributed by atoms with E-state index in [2.05, 4.69) is 42.4 Å². The normalized spacial score (nSPS) is 16.1. The van der Waals surface area contributed by atoms with Gasteiger partial charge in [-0.05, 0) is 87.3 Å². The number of sulfonamides is 1. The Hall–Kier alpha value is -6.41. The van der Waals surface area contributed by atoms with E-state index in [1.807, 2.05) is 6.07 Å². The number of unbranched alkanes of at least 4 members (excludes halogenated alkanes) is 1. The summed E-state index contributed by atoms with van der Waals surface area (Å²) in [6.45, 7) is 3.59. The number of carbonyl (C=O) groups is 8. The van der Waals surface area contributed by atoms with Crippen molar-refractivity contribution in [2.24, 2.45) is 0 Å². The average Bonchev–Trinajstić information content (AvgIpc) is 3.38. The minimum absolute atomic E-state index is 0.00591. The molecule has 0 spiro atoms. The number of carboxylic acids is 3. The van der Waals surface area contributed by atoms with Crippen LogP contribution in [0, 0.1) is 13.8 Å². The first-order chi connectivity index (χ1) is 37.4. The number of hydrogen-bond donors (Lipinski definition) is 10. The van der Waals surface area contributed by atoms with Gasteiger partial charge in [-0.2, -0.15) is 13.1 Å². The summed E-state index contributed by atoms with van der Waals surface area (Å²) < 4.78 is 68.3. The molecule has 2 unspecified atom stereocenters. The molecule has 4 amide bonds. The van der Waals surface area contributed by atoms with Crippen LogP contribution in [-0.4, -0.2) is 238 Å². The minimum atomic E-state index is -4.81. The van der Waals surface area contributed by atoms with E-state index in [1.54, 1.807) is 19.6 Å². The van der Waals surface area contributed by atoms with Crippen LogP contribution in [0.1, 0.15) is 60.9 Å². The Balaban J connectivity index is 1.20. The molecule has 79 heavy (non-hydrogen) atoms. The number of aliphatic carboxylic acids is 3. The number of carboxylic acid groups (broad SMARTS) is 3. The number of amides is 4. The van der Waals surface area contributed by atoms with Crippen molar-refractivity contribution in [1.82, 2.24) is 50.6 Å². The second-order valence-corrected chi connectivity index (χ2v) is 22.4. The van der Waals surface area contributed by atoms with Crippen LogP contribution in [0.15, 0.2) is 29.2 Å². The standard InChI is InChI=1S/C49H75N11O17S2/c1-34-27-38(28-35(2)46(34)79(75,76)56-39(49(70)71)29-53-42(63)9-4-3-8-37-12-11-36-7-5-13-51-47(36)54-37)77-26-6-10-41(62)50-14-15-52-48(69)40(33-78(72,73)74)55-43(64)30-58-18-16-57(24-25-61)17-19-59(31-44(65)66)22-23-60(21-20-58)32-45(67)68/h11-12,25,27-28,39-40,56H,3-10,13-24,26,29-33H2,1-2H3,(H,50,62)(H,51,54)(H,52,69)(H,53,63)(H,55,64)(H,65,66)(H,67,68)(H,70,71)(H,72,73,74). The summed E-state index contributed by atoms with van der Waals surface area (Å²) in [4.78, 5) is 109. The zero-order chi connectivity index (χ0) is 58.1. The van der Waals surface area contributed by atoms with Crippen LogP contribution in [0.3, 0.4) is 0 Å². The van der Waals surface area contributed by atoms with Crippen LogP contribution in [0.25, 0.3) is 0 Å². The van der Waals surface area contributed by atoms with Crippen LogP contribution in [0.2, 0.25) is 0 Å². The molecule has 2 aliphatic rings. The summed E-state index contributed by atoms with van der Waals surface area (Å²) in [6.07, 6.45) is 4.83. The van der Waals surface area contributed by atoms with Crippen molar-refractivity contribution in [3.05, 3.63) is 46.6 Å². The van der Waals surface area contributed by atoms with Gasteiger partial charge in [-0.1, -0.05) is 6.07 Å². The number of rotatable bonds is 31. The molecule has 1 aromatic heterocycles. The number of carbonyl (C=O) groups excluding carboxylic acids is 5. The second kappa shape index (κ2) is 32.6. The molecular weight excluding hydrogens is 1080 g/mol. The Morgan fingerprint density at radius 3 is 1.89 bits per heavy atom. The number of fused-ring (bicyclic) bond motifs is 1. The summed E-state index contributed by atoms with van der Waals surface area (Å²) in [5.74, 6) is -6.38. The molecule has 0 saturated carbocycles. The number of nitrogens with zero attached hydrogens (tertiary/aromatic N) is 5. The van der Waals surface area contributed by atoms with Crippen LogP contribution in [-0.2, 0) is 71.3 Å². The fraction of sp³-hybridized carbons (Fsp3) is 0.612. The molecule has 1 fully saturated rings. The monoisotopic (exact) mass is 1150 g/mol. The van der Waals surface area contributed by atoms with Gasteiger partial charge in [0.05, 0.1) is 37.7 Å². The SMILES string of the molecule is Cc1cc(OCCCC(=O)NCCNC(=O)C(CS(=O)(=O)O)NC(=O)CN2CCN(CC=O)CCN(CC(=O)O)CCN(CC(=O)O)CC2)cc(C)c1S(=O)(=O)NC(CNC(=O)CCCCc1ccc2c(n1)NCCC2)C(=O)O. The first-order valence-electron chi connectivity index (χ1n) is 26.0. The Kier molecular flexibility index (Phi) is 26.9. The lowest BCUT2D eigenvalue weighted by molar-refractivity contribution is -0.140. The summed E-state index contributed by atoms with van der Waals surface area (Å²) in [6, 6.07) is 3.50. The fourth-order valence-corrected chi connectivity index (χ4v) is 11.1. The first kappa shape index (κ1) is 65.1. The third-order valence-electron chi connectivity index (χ3n) is 12.8. The number of aryl methyl sites for hydroxylation is 4. The largest absolute Gasteiger partial charge is 0.494 e. The Morgan fingerprint density at radius 1 is 0.734 bits per heavy atom. The number of aldehydes is 1. The maximum absolute atomic E-state index is 13.5. The fourth-order valence-electron chi connectivity index (χ4n) is 8.83. The number of nitrogens with one attached hydrogen (secondary N) is 6. The van der Waals surface area contributed by atoms with E-state index < -0.39 is 92.6 Å². The highest BCUT2D eigenvalue weighted by Crippen LogP contribution is 2.26. The highest BCUT2D eigenvalue weighted by atomic mass is 32.2. The lowest BCUT2D eigenvalue weighted by Gasteiger charge is -2.33. The van der Waals surface area contributed by atoms with Gasteiger partial charge in [-0.15, -0.1) is 0 Å². The van der Waals surface area contributed by atoms with Crippen LogP contribution < -0.4 is 36.0 Å². The van der Waals surface area contributed by atoms with Gasteiger partial charge in [0.15, 0.2) is 0 Å². The minimum Gasteiger partial charge on any atom is -0.494 e. The molecule has 30 heteroatoms. The lowest BCUT2D eigenvalue weighted by Crippen LogP contribution is -2.54. The van der Waals surface area contributed by atoms with Gasteiger partial charge in [0.1, 0.15) is 35.7 Å². The van der Waals surface area contributed by atoms with E-state index in [9.17, 15) is 75.1 Å². The summed E-state index contributed by atoms with van der Waals surface area (Å²) in [5.41, 5.74) is 2.57. The average molecular weight is 1150 g/mol. The topological polar surface area (TPSA) is 393 Å². The van der Waals surface area contributed by atoms with Gasteiger partial charge in [0, 0.05) is 97.1 Å². The number of benzene rings is 1. The summed E-state index contributed by atoms with van der Waals surface area (Å²) >= 11 is 0. The van der Waals surface area contributed by atoms with Gasteiger partial charge in [-0.3, -0.25) is 57.7 Å². The van der Waals surface area contributed by atoms with Crippen molar-refractivity contribution >= 4 is 73.8 Å². The number of pyridine rings is 1. The van der Waals surface area contributed by atoms with Crippen LogP contribution >= 0.6 is 0 Å². The molecule has 3 heterocycles. The third kappa shape index (κ3) is 24.7. The molecule has 2 atom stereocenters. The Bertz CT molecular complexity index is 2640. The van der Waals surface area contributed by atoms with E-state index in [0.717, 1.165) is 30.9 Å². The smallest absolute Gasteiger partial charge is 0.323 e. The van der Waals surface area contributed by atoms with E-state index in [-0.39, 0.29) is 133 Å². The third-order valence-corrected chi connectivity index (χ3v) is 15.3. The predicted molar refractivity (Wildman–Crippen MR) is 285 cm³/mol. The molecule has 4 rings (SSSR count). The maximum Gasteiger partial charge on any atom is 0.323 e. The molecule has 0 aliphatic carbocycles. The highest BCUT2D eigenvalue weighted by Gasteiger charge is 2.30. The molecule has 1 aromatic carbocycles. The van der Waals surface area contributed by atoms with Crippen molar-refractivity contribution in [1.29, 1.82) is 0 Å². The zero-order valence-electron chi connectivity index (χ0n) is 44.6. The quantitative estimate of drug-likeness (QED) is 0.0215. The molecule has 2 aliphatic heterocycles. The molecule has 1 saturated heterocycles. The van der Waals surface area contributed by atoms with Gasteiger partial charge in [-0.25, -0.2) is 13.4 Å². The molecule has 0 radical (unpaired) electrons.